The lowest BCUT2D eigenvalue weighted by atomic mass is 10.0. The number of aliphatic hydroxyl groups is 2. The fourth-order valence-corrected chi connectivity index (χ4v) is 5.85. The van der Waals surface area contributed by atoms with E-state index < -0.39 is 6.10 Å². The molecule has 0 aromatic heterocycles. The summed E-state index contributed by atoms with van der Waals surface area (Å²) < 4.78 is 0. The number of hydrogen-bond donors (Lipinski definition) is 3. The van der Waals surface area contributed by atoms with Gasteiger partial charge in [0.15, 0.2) is 0 Å². The number of nitrogens with zero attached hydrogens (tertiary/aromatic N) is 1. The Hall–Kier alpha value is -4.59. The summed E-state index contributed by atoms with van der Waals surface area (Å²) in [5, 5.41) is 24.2. The summed E-state index contributed by atoms with van der Waals surface area (Å²) in [6.07, 6.45) is -0.0362. The van der Waals surface area contributed by atoms with Crippen LogP contribution < -0.4 is 5.32 Å². The maximum Gasteiger partial charge on any atom is 0.150 e. The molecule has 6 rings (SSSR count). The van der Waals surface area contributed by atoms with Crippen LogP contribution in [0.3, 0.4) is 0 Å². The highest BCUT2D eigenvalue weighted by atomic mass is 35.5. The third-order valence-electron chi connectivity index (χ3n) is 8.07. The van der Waals surface area contributed by atoms with Crippen molar-refractivity contribution in [2.75, 3.05) is 27.2 Å². The van der Waals surface area contributed by atoms with Crippen molar-refractivity contribution in [3.63, 3.8) is 0 Å². The van der Waals surface area contributed by atoms with Gasteiger partial charge in [0.2, 0.25) is 0 Å². The number of hydrogen-bond acceptors (Lipinski definition) is 5. The van der Waals surface area contributed by atoms with Crippen molar-refractivity contribution in [3.8, 4) is 22.3 Å². The van der Waals surface area contributed by atoms with Gasteiger partial charge in [0.1, 0.15) is 6.29 Å². The summed E-state index contributed by atoms with van der Waals surface area (Å²) in [5.41, 5.74) is 7.95. The van der Waals surface area contributed by atoms with Crippen LogP contribution in [0.15, 0.2) is 158 Å². The number of nitrogens with one attached hydrogen (secondary N) is 1. The molecular weight excluding hydrogens is 675 g/mol. The van der Waals surface area contributed by atoms with Gasteiger partial charge in [-0.15, -0.1) is 0 Å². The van der Waals surface area contributed by atoms with Gasteiger partial charge in [0.05, 0.1) is 12.2 Å². The highest BCUT2D eigenvalue weighted by Crippen LogP contribution is 2.28. The Kier molecular flexibility index (Phi) is 16.1. The molecule has 3 N–H and O–H groups in total. The van der Waals surface area contributed by atoms with Gasteiger partial charge in [0.25, 0.3) is 0 Å². The van der Waals surface area contributed by atoms with Crippen molar-refractivity contribution in [1.82, 2.24) is 10.2 Å². The fourth-order valence-electron chi connectivity index (χ4n) is 5.36. The Balaban J connectivity index is 0.000000190. The second-order valence-corrected chi connectivity index (χ2v) is 12.8. The maximum absolute atomic E-state index is 10.5. The number of carbonyl (C=O) groups excluding carboxylic acids is 1. The number of halogens is 2. The van der Waals surface area contributed by atoms with Crippen LogP contribution in [0.25, 0.3) is 22.3 Å². The van der Waals surface area contributed by atoms with E-state index in [0.717, 1.165) is 56.3 Å². The van der Waals surface area contributed by atoms with Crippen LogP contribution in [0.5, 0.6) is 0 Å². The zero-order valence-electron chi connectivity index (χ0n) is 28.9. The van der Waals surface area contributed by atoms with E-state index in [2.05, 4.69) is 34.5 Å². The second-order valence-electron chi connectivity index (χ2n) is 12.0. The largest absolute Gasteiger partial charge is 0.387 e. The lowest BCUT2D eigenvalue weighted by Crippen LogP contribution is -2.24. The molecule has 0 saturated heterocycles. The first-order valence-corrected chi connectivity index (χ1v) is 17.5. The van der Waals surface area contributed by atoms with Crippen LogP contribution in [0.1, 0.15) is 39.3 Å². The Morgan fingerprint density at radius 1 is 0.608 bits per heavy atom. The molecule has 5 nitrogen and oxygen atoms in total. The van der Waals surface area contributed by atoms with Crippen LogP contribution in [0.2, 0.25) is 10.0 Å². The number of rotatable bonds is 11. The van der Waals surface area contributed by atoms with Gasteiger partial charge in [0, 0.05) is 46.4 Å². The first kappa shape index (κ1) is 39.2. The van der Waals surface area contributed by atoms with Gasteiger partial charge in [-0.25, -0.2) is 0 Å². The summed E-state index contributed by atoms with van der Waals surface area (Å²) in [5.74, 6) is 0. The molecule has 2 atom stereocenters. The van der Waals surface area contributed by atoms with Crippen LogP contribution in [0.4, 0.5) is 0 Å². The molecule has 0 aliphatic heterocycles. The van der Waals surface area contributed by atoms with Gasteiger partial charge < -0.3 is 15.5 Å². The van der Waals surface area contributed by atoms with Gasteiger partial charge in [-0.05, 0) is 54.0 Å². The first-order valence-electron chi connectivity index (χ1n) is 16.7. The van der Waals surface area contributed by atoms with E-state index in [-0.39, 0.29) is 6.10 Å². The van der Waals surface area contributed by atoms with Crippen LogP contribution >= 0.6 is 23.2 Å². The third kappa shape index (κ3) is 12.6. The van der Waals surface area contributed by atoms with Crippen LogP contribution in [0, 0.1) is 0 Å². The molecule has 51 heavy (non-hydrogen) atoms. The predicted octanol–water partition coefficient (Wildman–Crippen LogP) is 9.93. The molecule has 0 radical (unpaired) electrons. The maximum atomic E-state index is 10.5. The minimum absolute atomic E-state index is 0.388. The summed E-state index contributed by atoms with van der Waals surface area (Å²) in [6, 6.07) is 50.7. The minimum Gasteiger partial charge on any atom is -0.387 e. The molecule has 0 fully saturated rings. The van der Waals surface area contributed by atoms with Crippen molar-refractivity contribution >= 4 is 29.5 Å². The van der Waals surface area contributed by atoms with E-state index in [1.807, 2.05) is 135 Å². The average Bonchev–Trinajstić information content (AvgIpc) is 3.17. The van der Waals surface area contributed by atoms with E-state index in [4.69, 9.17) is 23.2 Å². The average molecular weight is 720 g/mol. The highest BCUT2D eigenvalue weighted by Gasteiger charge is 2.11. The van der Waals surface area contributed by atoms with Crippen LogP contribution in [-0.4, -0.2) is 48.6 Å². The van der Waals surface area contributed by atoms with E-state index >= 15 is 0 Å². The monoisotopic (exact) mass is 718 g/mol. The van der Waals surface area contributed by atoms with Gasteiger partial charge in [-0.1, -0.05) is 169 Å². The summed E-state index contributed by atoms with van der Waals surface area (Å²) in [4.78, 5) is 12.6. The molecular formula is C44H44Cl2N2O3. The Labute approximate surface area is 311 Å². The number of aliphatic hydroxyl groups excluding tert-OH is 2. The number of benzene rings is 6. The summed E-state index contributed by atoms with van der Waals surface area (Å²) in [7, 11) is 3.85. The molecule has 0 spiro atoms. The van der Waals surface area contributed by atoms with Gasteiger partial charge in [-0.3, -0.25) is 9.69 Å². The van der Waals surface area contributed by atoms with Gasteiger partial charge in [-0.2, -0.15) is 0 Å². The normalized spacial score (nSPS) is 11.7. The Morgan fingerprint density at radius 2 is 1.04 bits per heavy atom. The van der Waals surface area contributed by atoms with Crippen LogP contribution in [-0.2, 0) is 6.54 Å². The van der Waals surface area contributed by atoms with E-state index in [1.54, 1.807) is 12.1 Å². The smallest absolute Gasteiger partial charge is 0.150 e. The van der Waals surface area contributed by atoms with Gasteiger partial charge >= 0.3 is 0 Å². The second kappa shape index (κ2) is 20.9. The molecule has 0 bridgehead atoms. The molecule has 0 saturated carbocycles. The fraction of sp³-hybridized carbons (Fsp3) is 0.159. The zero-order valence-corrected chi connectivity index (χ0v) is 30.4. The predicted molar refractivity (Wildman–Crippen MR) is 212 cm³/mol. The standard InChI is InChI=1S/C22H22ClNO.C13H9ClO.C9H13NO/c1-24(16-22(25)19-7-3-2-4-8-19)15-17-11-13-18(14-12-17)20-9-5-6-10-21(20)23;14-13-4-2-1-3-12(13)11-7-5-10(9-15)6-8-11;1-10-7-9(11)8-5-3-2-4-6-8/h2-14,22,25H,15-16H2,1H3;1-9H;2-6,9-11H,7H2,1H3. The molecule has 2 unspecified atom stereocenters. The lowest BCUT2D eigenvalue weighted by molar-refractivity contribution is 0.112. The van der Waals surface area contributed by atoms with Crippen molar-refractivity contribution < 1.29 is 15.0 Å². The summed E-state index contributed by atoms with van der Waals surface area (Å²) in [6.45, 7) is 1.98. The zero-order chi connectivity index (χ0) is 36.4. The molecule has 262 valence electrons. The SMILES string of the molecule is CN(Cc1ccc(-c2ccccc2Cl)cc1)CC(O)c1ccccc1.CNCC(O)c1ccccc1.O=Cc1ccc(-c2ccccc2Cl)cc1. The third-order valence-corrected chi connectivity index (χ3v) is 8.73. The number of aldehydes is 1. The minimum atomic E-state index is -0.478. The highest BCUT2D eigenvalue weighted by molar-refractivity contribution is 6.33. The topological polar surface area (TPSA) is 72.8 Å². The Morgan fingerprint density at radius 3 is 1.49 bits per heavy atom. The molecule has 0 heterocycles. The molecule has 0 aliphatic carbocycles. The van der Waals surface area contributed by atoms with E-state index in [1.165, 1.54) is 5.56 Å². The molecule has 0 amide bonds. The molecule has 7 heteroatoms. The molecule has 6 aromatic rings. The quantitative estimate of drug-likeness (QED) is 0.116. The van der Waals surface area contributed by atoms with Crippen molar-refractivity contribution in [3.05, 3.63) is 190 Å². The first-order chi connectivity index (χ1) is 24.8. The number of carbonyl (C=O) groups is 1. The van der Waals surface area contributed by atoms with Crippen molar-refractivity contribution in [2.45, 2.75) is 18.8 Å². The van der Waals surface area contributed by atoms with E-state index in [9.17, 15) is 15.0 Å². The van der Waals surface area contributed by atoms with Crippen molar-refractivity contribution in [2.24, 2.45) is 0 Å². The summed E-state index contributed by atoms with van der Waals surface area (Å²) >= 11 is 12.3. The van der Waals surface area contributed by atoms with E-state index in [0.29, 0.717) is 18.7 Å². The Bertz CT molecular complexity index is 1890. The number of likely N-dealkylation sites (N-methyl/N-ethyl adjacent to an activating group) is 2. The van der Waals surface area contributed by atoms with Crippen molar-refractivity contribution in [1.29, 1.82) is 0 Å². The molecule has 6 aromatic carbocycles. The molecule has 0 aliphatic rings. The lowest BCUT2D eigenvalue weighted by Gasteiger charge is -2.21.